The van der Waals surface area contributed by atoms with E-state index in [1.165, 1.54) is 16.9 Å². The molecule has 0 aliphatic heterocycles. The SMILES string of the molecule is C=CCn1c(=NC(=O)c2cc(Cl)cc(Cl)c2)sc2cc(C)cc(C)c21. The highest BCUT2D eigenvalue weighted by atomic mass is 35.5. The van der Waals surface area contributed by atoms with Crippen molar-refractivity contribution in [3.8, 4) is 0 Å². The molecule has 0 unspecified atom stereocenters. The van der Waals surface area contributed by atoms with Crippen LogP contribution in [-0.2, 0) is 6.54 Å². The zero-order valence-electron chi connectivity index (χ0n) is 13.8. The lowest BCUT2D eigenvalue weighted by molar-refractivity contribution is 0.0998. The number of allylic oxidation sites excluding steroid dienone is 1. The Morgan fingerprint density at radius 3 is 2.52 bits per heavy atom. The van der Waals surface area contributed by atoms with Crippen LogP contribution in [0, 0.1) is 13.8 Å². The molecule has 1 aromatic heterocycles. The van der Waals surface area contributed by atoms with Crippen molar-refractivity contribution in [2.24, 2.45) is 4.99 Å². The Morgan fingerprint density at radius 2 is 1.88 bits per heavy atom. The highest BCUT2D eigenvalue weighted by Gasteiger charge is 2.12. The first-order valence-electron chi connectivity index (χ1n) is 7.65. The summed E-state index contributed by atoms with van der Waals surface area (Å²) in [5, 5.41) is 0.820. The van der Waals surface area contributed by atoms with Gasteiger partial charge in [0.05, 0.1) is 10.2 Å². The molecule has 0 aliphatic carbocycles. The van der Waals surface area contributed by atoms with Crippen LogP contribution in [0.1, 0.15) is 21.5 Å². The summed E-state index contributed by atoms with van der Waals surface area (Å²) >= 11 is 13.5. The molecule has 2 aromatic carbocycles. The van der Waals surface area contributed by atoms with Gasteiger partial charge in [0.2, 0.25) is 0 Å². The predicted octanol–water partition coefficient (Wildman–Crippen LogP) is 5.55. The van der Waals surface area contributed by atoms with E-state index in [0.717, 1.165) is 15.8 Å². The molecule has 3 nitrogen and oxygen atoms in total. The van der Waals surface area contributed by atoms with Crippen LogP contribution in [0.25, 0.3) is 10.2 Å². The van der Waals surface area contributed by atoms with Crippen molar-refractivity contribution < 1.29 is 4.79 Å². The highest BCUT2D eigenvalue weighted by Crippen LogP contribution is 2.24. The molecule has 25 heavy (non-hydrogen) atoms. The molecular weight excluding hydrogens is 375 g/mol. The number of benzene rings is 2. The third-order valence-corrected chi connectivity index (χ3v) is 5.19. The topological polar surface area (TPSA) is 34.4 Å². The van der Waals surface area contributed by atoms with Gasteiger partial charge in [-0.1, -0.05) is 46.7 Å². The average molecular weight is 391 g/mol. The third-order valence-electron chi connectivity index (χ3n) is 3.73. The zero-order chi connectivity index (χ0) is 18.1. The lowest BCUT2D eigenvalue weighted by Gasteiger charge is -2.05. The van der Waals surface area contributed by atoms with E-state index in [1.54, 1.807) is 24.3 Å². The van der Waals surface area contributed by atoms with Gasteiger partial charge in [0.1, 0.15) is 0 Å². The van der Waals surface area contributed by atoms with Crippen LogP contribution in [0.2, 0.25) is 10.0 Å². The quantitative estimate of drug-likeness (QED) is 0.539. The number of aryl methyl sites for hydroxylation is 2. The van der Waals surface area contributed by atoms with E-state index in [2.05, 4.69) is 37.6 Å². The van der Waals surface area contributed by atoms with E-state index in [-0.39, 0.29) is 5.91 Å². The first kappa shape index (κ1) is 17.9. The number of nitrogens with zero attached hydrogens (tertiary/aromatic N) is 2. The molecule has 6 heteroatoms. The smallest absolute Gasteiger partial charge is 0.279 e. The average Bonchev–Trinajstić information content (AvgIpc) is 2.84. The highest BCUT2D eigenvalue weighted by molar-refractivity contribution is 7.16. The van der Waals surface area contributed by atoms with Crippen LogP contribution in [0.3, 0.4) is 0 Å². The standard InChI is InChI=1S/C19H16Cl2N2OS/c1-4-5-23-17-12(3)6-11(2)7-16(17)25-19(23)22-18(24)13-8-14(20)10-15(21)9-13/h4,6-10H,1,5H2,2-3H3. The van der Waals surface area contributed by atoms with Gasteiger partial charge in [-0.05, 0) is 49.2 Å². The Bertz CT molecular complexity index is 1040. The number of rotatable bonds is 3. The molecule has 0 spiro atoms. The molecule has 0 saturated carbocycles. The van der Waals surface area contributed by atoms with Gasteiger partial charge in [0.15, 0.2) is 4.80 Å². The van der Waals surface area contributed by atoms with Crippen LogP contribution in [0.4, 0.5) is 0 Å². The number of carbonyl (C=O) groups excluding carboxylic acids is 1. The van der Waals surface area contributed by atoms with E-state index < -0.39 is 0 Å². The van der Waals surface area contributed by atoms with Gasteiger partial charge in [0, 0.05) is 22.2 Å². The summed E-state index contributed by atoms with van der Waals surface area (Å²) in [6.07, 6.45) is 1.80. The number of aromatic nitrogens is 1. The van der Waals surface area contributed by atoms with Gasteiger partial charge in [-0.3, -0.25) is 4.79 Å². The molecule has 0 atom stereocenters. The molecule has 0 N–H and O–H groups in total. The minimum absolute atomic E-state index is 0.369. The van der Waals surface area contributed by atoms with Crippen LogP contribution in [0.15, 0.2) is 48.0 Å². The van der Waals surface area contributed by atoms with Crippen LogP contribution in [-0.4, -0.2) is 10.5 Å². The number of thiazole rings is 1. The molecule has 3 aromatic rings. The van der Waals surface area contributed by atoms with Gasteiger partial charge < -0.3 is 4.57 Å². The summed E-state index contributed by atoms with van der Waals surface area (Å²) in [7, 11) is 0. The van der Waals surface area contributed by atoms with Crippen LogP contribution >= 0.6 is 34.5 Å². The van der Waals surface area contributed by atoms with Crippen LogP contribution < -0.4 is 4.80 Å². The maximum absolute atomic E-state index is 12.6. The summed E-state index contributed by atoms with van der Waals surface area (Å²) < 4.78 is 3.10. The summed E-state index contributed by atoms with van der Waals surface area (Å²) in [4.78, 5) is 17.5. The molecule has 0 bridgehead atoms. The van der Waals surface area contributed by atoms with Crippen molar-refractivity contribution in [3.63, 3.8) is 0 Å². The Balaban J connectivity index is 2.21. The molecule has 0 fully saturated rings. The summed E-state index contributed by atoms with van der Waals surface area (Å²) in [5.74, 6) is -0.372. The second-order valence-corrected chi connectivity index (χ2v) is 7.67. The van der Waals surface area contributed by atoms with E-state index in [0.29, 0.717) is 27.0 Å². The molecule has 1 heterocycles. The molecule has 0 radical (unpaired) electrons. The fraction of sp³-hybridized carbons (Fsp3) is 0.158. The zero-order valence-corrected chi connectivity index (χ0v) is 16.2. The Kier molecular flexibility index (Phi) is 5.13. The number of amides is 1. The number of hydrogen-bond donors (Lipinski definition) is 0. The summed E-state index contributed by atoms with van der Waals surface area (Å²) in [5.41, 5.74) is 3.77. The summed E-state index contributed by atoms with van der Waals surface area (Å²) in [6.45, 7) is 8.50. The molecule has 128 valence electrons. The van der Waals surface area contributed by atoms with Crippen molar-refractivity contribution in [2.45, 2.75) is 20.4 Å². The van der Waals surface area contributed by atoms with Crippen molar-refractivity contribution in [1.29, 1.82) is 0 Å². The van der Waals surface area contributed by atoms with Crippen molar-refractivity contribution in [2.75, 3.05) is 0 Å². The normalized spacial score (nSPS) is 11.9. The lowest BCUT2D eigenvalue weighted by Crippen LogP contribution is -2.16. The Hall–Kier alpha value is -1.88. The molecule has 3 rings (SSSR count). The number of halogens is 2. The fourth-order valence-electron chi connectivity index (χ4n) is 2.80. The molecule has 0 aliphatic rings. The second-order valence-electron chi connectivity index (χ2n) is 5.79. The van der Waals surface area contributed by atoms with Gasteiger partial charge >= 0.3 is 0 Å². The minimum Gasteiger partial charge on any atom is -0.312 e. The first-order chi connectivity index (χ1) is 11.9. The van der Waals surface area contributed by atoms with Gasteiger partial charge in [-0.15, -0.1) is 6.58 Å². The third kappa shape index (κ3) is 3.71. The fourth-order valence-corrected chi connectivity index (χ4v) is 4.54. The Labute approximate surface area is 159 Å². The molecule has 1 amide bonds. The first-order valence-corrected chi connectivity index (χ1v) is 9.23. The predicted molar refractivity (Wildman–Crippen MR) is 106 cm³/mol. The molecule has 0 saturated heterocycles. The number of hydrogen-bond acceptors (Lipinski definition) is 2. The van der Waals surface area contributed by atoms with Gasteiger partial charge in [0.25, 0.3) is 5.91 Å². The number of fused-ring (bicyclic) bond motifs is 1. The van der Waals surface area contributed by atoms with Crippen molar-refractivity contribution in [1.82, 2.24) is 4.57 Å². The largest absolute Gasteiger partial charge is 0.312 e. The molecular formula is C19H16Cl2N2OS. The van der Waals surface area contributed by atoms with E-state index in [4.69, 9.17) is 23.2 Å². The Morgan fingerprint density at radius 1 is 1.20 bits per heavy atom. The van der Waals surface area contributed by atoms with E-state index in [9.17, 15) is 4.79 Å². The maximum atomic E-state index is 12.6. The van der Waals surface area contributed by atoms with Crippen molar-refractivity contribution in [3.05, 3.63) is 74.5 Å². The van der Waals surface area contributed by atoms with E-state index >= 15 is 0 Å². The number of carbonyl (C=O) groups is 1. The van der Waals surface area contributed by atoms with Gasteiger partial charge in [-0.2, -0.15) is 4.99 Å². The van der Waals surface area contributed by atoms with Crippen LogP contribution in [0.5, 0.6) is 0 Å². The maximum Gasteiger partial charge on any atom is 0.279 e. The second kappa shape index (κ2) is 7.16. The van der Waals surface area contributed by atoms with Gasteiger partial charge in [-0.25, -0.2) is 0 Å². The van der Waals surface area contributed by atoms with E-state index in [1.807, 2.05) is 4.57 Å². The monoisotopic (exact) mass is 390 g/mol. The lowest BCUT2D eigenvalue weighted by atomic mass is 10.1. The minimum atomic E-state index is -0.372. The van der Waals surface area contributed by atoms with Crippen molar-refractivity contribution >= 4 is 50.7 Å². The summed E-state index contributed by atoms with van der Waals surface area (Å²) in [6, 6.07) is 8.95.